The van der Waals surface area contributed by atoms with E-state index in [4.69, 9.17) is 0 Å². The molecule has 0 aliphatic rings. The maximum Gasteiger partial charge on any atom is 0.322 e. The van der Waals surface area contributed by atoms with Crippen LogP contribution >= 0.6 is 0 Å². The molecule has 0 saturated carbocycles. The van der Waals surface area contributed by atoms with E-state index < -0.39 is 0 Å². The van der Waals surface area contributed by atoms with Gasteiger partial charge in [-0.1, -0.05) is 54.6 Å². The molecule has 0 heterocycles. The van der Waals surface area contributed by atoms with Crippen molar-refractivity contribution in [2.75, 3.05) is 11.4 Å². The Labute approximate surface area is 227 Å². The number of hydrogen-bond donors (Lipinski definition) is 4. The van der Waals surface area contributed by atoms with Gasteiger partial charge >= 0.3 is 6.03 Å². The largest absolute Gasteiger partial charge is 0.508 e. The fraction of sp³-hybridized carbons (Fsp3) is 0.121. The van der Waals surface area contributed by atoms with E-state index >= 15 is 0 Å². The van der Waals surface area contributed by atoms with E-state index in [1.807, 2.05) is 43.3 Å². The van der Waals surface area contributed by atoms with E-state index in [2.05, 4.69) is 23.5 Å². The quantitative estimate of drug-likeness (QED) is 0.188. The van der Waals surface area contributed by atoms with Crippen molar-refractivity contribution in [1.29, 1.82) is 0 Å². The molecule has 0 aromatic heterocycles. The third-order valence-corrected chi connectivity index (χ3v) is 6.86. The highest BCUT2D eigenvalue weighted by Gasteiger charge is 2.14. The zero-order valence-electron chi connectivity index (χ0n) is 21.6. The number of phenolic OH excluding ortho intramolecular Hbond substituents is 3. The van der Waals surface area contributed by atoms with Crippen LogP contribution in [0, 0.1) is 0 Å². The number of phenols is 3. The molecule has 0 atom stereocenters. The average molecular weight is 519 g/mol. The molecule has 0 spiro atoms. The van der Waals surface area contributed by atoms with Crippen LogP contribution in [0.2, 0.25) is 0 Å². The van der Waals surface area contributed by atoms with Gasteiger partial charge in [0.2, 0.25) is 0 Å². The molecule has 0 radical (unpaired) electrons. The number of hydrogen-bond acceptors (Lipinski definition) is 4. The van der Waals surface area contributed by atoms with Gasteiger partial charge in [-0.25, -0.2) is 4.79 Å². The van der Waals surface area contributed by atoms with Gasteiger partial charge in [0, 0.05) is 18.8 Å². The van der Waals surface area contributed by atoms with Crippen molar-refractivity contribution in [2.45, 2.75) is 19.9 Å². The molecule has 196 valence electrons. The topological polar surface area (TPSA) is 93.0 Å². The molecule has 6 heteroatoms. The lowest BCUT2D eigenvalue weighted by Crippen LogP contribution is -2.39. The summed E-state index contributed by atoms with van der Waals surface area (Å²) in [4.78, 5) is 14.4. The first-order valence-electron chi connectivity index (χ1n) is 12.9. The minimum absolute atomic E-state index is 0.159. The Hall–Kier alpha value is -4.97. The second-order valence-electron chi connectivity index (χ2n) is 9.46. The summed E-state index contributed by atoms with van der Waals surface area (Å²) < 4.78 is 0. The minimum atomic E-state index is -0.204. The molecule has 0 aliphatic heterocycles. The number of carbonyl (C=O) groups is 1. The lowest BCUT2D eigenvalue weighted by atomic mass is 9.90. The Balaban J connectivity index is 1.35. The molecular formula is C33H30N2O4. The number of anilines is 1. The van der Waals surface area contributed by atoms with Crippen molar-refractivity contribution < 1.29 is 20.1 Å². The van der Waals surface area contributed by atoms with Gasteiger partial charge < -0.3 is 20.6 Å². The van der Waals surface area contributed by atoms with Crippen LogP contribution in [0.1, 0.15) is 23.6 Å². The first kappa shape index (κ1) is 25.7. The monoisotopic (exact) mass is 518 g/mol. The minimum Gasteiger partial charge on any atom is -0.508 e. The second kappa shape index (κ2) is 11.2. The number of rotatable bonds is 7. The first-order chi connectivity index (χ1) is 18.9. The Morgan fingerprint density at radius 1 is 0.718 bits per heavy atom. The number of carbonyl (C=O) groups excluding carboxylic acids is 1. The summed E-state index contributed by atoms with van der Waals surface area (Å²) in [6.07, 6.45) is 0.676. The van der Waals surface area contributed by atoms with E-state index in [1.54, 1.807) is 53.4 Å². The Morgan fingerprint density at radius 2 is 1.33 bits per heavy atom. The summed E-state index contributed by atoms with van der Waals surface area (Å²) in [6, 6.07) is 31.2. The highest BCUT2D eigenvalue weighted by Crippen LogP contribution is 2.34. The lowest BCUT2D eigenvalue weighted by molar-refractivity contribution is 0.246. The predicted octanol–water partition coefficient (Wildman–Crippen LogP) is 6.95. The summed E-state index contributed by atoms with van der Waals surface area (Å²) >= 11 is 0. The van der Waals surface area contributed by atoms with Crippen molar-refractivity contribution >= 4 is 22.5 Å². The van der Waals surface area contributed by atoms with Crippen LogP contribution < -0.4 is 10.2 Å². The molecule has 0 unspecified atom stereocenters. The molecule has 5 aromatic carbocycles. The van der Waals surface area contributed by atoms with Crippen LogP contribution in [0.4, 0.5) is 10.5 Å². The van der Waals surface area contributed by atoms with Gasteiger partial charge in [-0.3, -0.25) is 4.90 Å². The summed E-state index contributed by atoms with van der Waals surface area (Å²) in [5.41, 5.74) is 6.02. The van der Waals surface area contributed by atoms with E-state index in [0.29, 0.717) is 19.5 Å². The van der Waals surface area contributed by atoms with Crippen LogP contribution in [0.5, 0.6) is 17.2 Å². The highest BCUT2D eigenvalue weighted by atomic mass is 16.3. The van der Waals surface area contributed by atoms with E-state index in [9.17, 15) is 20.1 Å². The standard InChI is InChI=1S/C33H30N2O4/c1-2-35(26-10-14-28(37)15-11-26)33(39)34-21-23-5-3-22(4-6-23)19-32-30(24-7-12-27(36)13-8-24)17-9-25-20-29(38)16-18-31(25)32/h3-18,20,36-38H,2,19,21H2,1H3,(H,34,39). The van der Waals surface area contributed by atoms with Crippen molar-refractivity contribution in [3.63, 3.8) is 0 Å². The van der Waals surface area contributed by atoms with E-state index in [0.717, 1.165) is 44.3 Å². The highest BCUT2D eigenvalue weighted by molar-refractivity contribution is 5.93. The number of nitrogens with one attached hydrogen (secondary N) is 1. The van der Waals surface area contributed by atoms with E-state index in [1.165, 1.54) is 0 Å². The normalized spacial score (nSPS) is 10.9. The number of amides is 2. The van der Waals surface area contributed by atoms with Crippen molar-refractivity contribution in [2.24, 2.45) is 0 Å². The fourth-order valence-electron chi connectivity index (χ4n) is 4.81. The third kappa shape index (κ3) is 5.80. The summed E-state index contributed by atoms with van der Waals surface area (Å²) in [7, 11) is 0. The molecule has 5 aromatic rings. The third-order valence-electron chi connectivity index (χ3n) is 6.86. The van der Waals surface area contributed by atoms with Crippen molar-refractivity contribution in [3.05, 3.63) is 120 Å². The van der Waals surface area contributed by atoms with Gasteiger partial charge in [0.1, 0.15) is 17.2 Å². The van der Waals surface area contributed by atoms with Gasteiger partial charge in [0.25, 0.3) is 0 Å². The maximum absolute atomic E-state index is 12.8. The van der Waals surface area contributed by atoms with Crippen LogP contribution in [0.15, 0.2) is 103 Å². The van der Waals surface area contributed by atoms with E-state index in [-0.39, 0.29) is 23.3 Å². The molecule has 39 heavy (non-hydrogen) atoms. The van der Waals surface area contributed by atoms with Crippen LogP contribution in [0.3, 0.4) is 0 Å². The molecule has 2 amide bonds. The molecule has 6 nitrogen and oxygen atoms in total. The number of nitrogens with zero attached hydrogens (tertiary/aromatic N) is 1. The summed E-state index contributed by atoms with van der Waals surface area (Å²) in [6.45, 7) is 2.80. The Morgan fingerprint density at radius 3 is 2.00 bits per heavy atom. The Bertz CT molecular complexity index is 1600. The smallest absolute Gasteiger partial charge is 0.322 e. The van der Waals surface area contributed by atoms with Gasteiger partial charge in [-0.15, -0.1) is 0 Å². The molecule has 0 bridgehead atoms. The van der Waals surface area contributed by atoms with Crippen LogP contribution in [-0.4, -0.2) is 27.9 Å². The van der Waals surface area contributed by atoms with Crippen LogP contribution in [0.25, 0.3) is 21.9 Å². The average Bonchev–Trinajstić information content (AvgIpc) is 2.94. The number of urea groups is 1. The van der Waals surface area contributed by atoms with Crippen LogP contribution in [-0.2, 0) is 13.0 Å². The Kier molecular flexibility index (Phi) is 7.37. The van der Waals surface area contributed by atoms with Gasteiger partial charge in [-0.05, 0) is 100 Å². The summed E-state index contributed by atoms with van der Waals surface area (Å²) in [5.74, 6) is 0.607. The molecule has 0 saturated heterocycles. The second-order valence-corrected chi connectivity index (χ2v) is 9.46. The van der Waals surface area contributed by atoms with Crippen molar-refractivity contribution in [3.8, 4) is 28.4 Å². The first-order valence-corrected chi connectivity index (χ1v) is 12.9. The van der Waals surface area contributed by atoms with Gasteiger partial charge in [0.05, 0.1) is 0 Å². The molecule has 0 fully saturated rings. The maximum atomic E-state index is 12.8. The predicted molar refractivity (Wildman–Crippen MR) is 155 cm³/mol. The van der Waals surface area contributed by atoms with Gasteiger partial charge in [0.15, 0.2) is 0 Å². The molecule has 0 aliphatic carbocycles. The number of benzene rings is 5. The zero-order chi connectivity index (χ0) is 27.4. The zero-order valence-corrected chi connectivity index (χ0v) is 21.6. The number of aromatic hydroxyl groups is 3. The molecular weight excluding hydrogens is 488 g/mol. The van der Waals surface area contributed by atoms with Gasteiger partial charge in [-0.2, -0.15) is 0 Å². The summed E-state index contributed by atoms with van der Waals surface area (Å²) in [5, 5.41) is 34.3. The van der Waals surface area contributed by atoms with Crippen molar-refractivity contribution in [1.82, 2.24) is 5.32 Å². The SMILES string of the molecule is CCN(C(=O)NCc1ccc(Cc2c(-c3ccc(O)cc3)ccc3cc(O)ccc23)cc1)c1ccc(O)cc1. The lowest BCUT2D eigenvalue weighted by Gasteiger charge is -2.21. The number of fused-ring (bicyclic) bond motifs is 1. The fourth-order valence-corrected chi connectivity index (χ4v) is 4.81. The molecule has 5 rings (SSSR count). The molecule has 4 N–H and O–H groups in total.